The molecule has 2 heterocycles. The third-order valence-electron chi connectivity index (χ3n) is 3.29. The van der Waals surface area contributed by atoms with Gasteiger partial charge in [-0.15, -0.1) is 0 Å². The summed E-state index contributed by atoms with van der Waals surface area (Å²) in [5.41, 5.74) is 0. The Hall–Kier alpha value is 1.32. The fourth-order valence-electron chi connectivity index (χ4n) is 1.88. The Balaban J connectivity index is 2.30. The third-order valence-corrected chi connectivity index (χ3v) is 25.2. The van der Waals surface area contributed by atoms with Crippen LogP contribution >= 0.6 is 45.9 Å². The minimum absolute atomic E-state index is 0.880. The summed E-state index contributed by atoms with van der Waals surface area (Å²) in [7, 11) is 0. The molecule has 0 N–H and O–H groups in total. The van der Waals surface area contributed by atoms with Gasteiger partial charge in [0.1, 0.15) is 0 Å². The van der Waals surface area contributed by atoms with Gasteiger partial charge in [-0.05, 0) is 0 Å². The molecule has 0 aromatic carbocycles. The van der Waals surface area contributed by atoms with Crippen molar-refractivity contribution < 1.29 is 0 Å². The Labute approximate surface area is 160 Å². The average Bonchev–Trinajstić information content (AvgIpc) is 2.89. The van der Waals surface area contributed by atoms with Crippen molar-refractivity contribution in [3.63, 3.8) is 0 Å². The van der Waals surface area contributed by atoms with Crippen LogP contribution in [0.2, 0.25) is 39.7 Å². The van der Waals surface area contributed by atoms with Crippen molar-refractivity contribution >= 4 is 101 Å². The van der Waals surface area contributed by atoms with E-state index in [1.807, 2.05) is 22.7 Å². The summed E-state index contributed by atoms with van der Waals surface area (Å²) < 4.78 is 3.03. The molecule has 0 fully saturated rings. The number of thiophene rings is 2. The first-order valence-corrected chi connectivity index (χ1v) is 29.6. The molecule has 120 valence electrons. The predicted octanol–water partition coefficient (Wildman–Crippen LogP) is 6.38. The summed E-state index contributed by atoms with van der Waals surface area (Å²) in [4.78, 5) is 16.8. The molecular formula is C16H22Cl2S2Sn2. The molecule has 22 heavy (non-hydrogen) atoms. The first-order valence-electron chi connectivity index (χ1n) is 7.26. The van der Waals surface area contributed by atoms with Crippen molar-refractivity contribution in [2.24, 2.45) is 0 Å². The number of rotatable bonds is 4. The van der Waals surface area contributed by atoms with Crippen LogP contribution in [-0.2, 0) is 0 Å². The molecule has 2 rings (SSSR count). The molecule has 0 saturated carbocycles. The standard InChI is InChI=1S/C10H4Cl2S2.6CH3.2Sn/c11-7-3-5-13-9(7)1-2-10-8(12)4-6-14-10;;;;;;;;/h1-4H;6*1H3;;. The summed E-state index contributed by atoms with van der Waals surface area (Å²) in [5.74, 6) is 0. The fraction of sp³-hybridized carbons (Fsp3) is 0.375. The van der Waals surface area contributed by atoms with Gasteiger partial charge in [0.25, 0.3) is 0 Å². The van der Waals surface area contributed by atoms with Gasteiger partial charge in [-0.2, -0.15) is 0 Å². The second-order valence-corrected chi connectivity index (χ2v) is 41.3. The Morgan fingerprint density at radius 1 is 0.727 bits per heavy atom. The van der Waals surface area contributed by atoms with Crippen molar-refractivity contribution in [2.45, 2.75) is 29.6 Å². The molecule has 2 aromatic rings. The fourth-order valence-corrected chi connectivity index (χ4v) is 15.6. The predicted molar refractivity (Wildman–Crippen MR) is 114 cm³/mol. The minimum atomic E-state index is -2.03. The quantitative estimate of drug-likeness (QED) is 0.365. The molecule has 0 spiro atoms. The van der Waals surface area contributed by atoms with Gasteiger partial charge in [-0.1, -0.05) is 0 Å². The number of halogens is 2. The van der Waals surface area contributed by atoms with Crippen molar-refractivity contribution in [1.29, 1.82) is 0 Å². The van der Waals surface area contributed by atoms with Crippen LogP contribution < -0.4 is 5.79 Å². The van der Waals surface area contributed by atoms with Crippen LogP contribution in [0.3, 0.4) is 0 Å². The Morgan fingerprint density at radius 2 is 1.05 bits per heavy atom. The van der Waals surface area contributed by atoms with Crippen LogP contribution in [-0.4, -0.2) is 36.8 Å². The zero-order chi connectivity index (χ0) is 16.7. The van der Waals surface area contributed by atoms with Crippen molar-refractivity contribution in [3.05, 3.63) is 31.9 Å². The topological polar surface area (TPSA) is 0 Å². The molecule has 2 aromatic heterocycles. The third kappa shape index (κ3) is 4.91. The maximum absolute atomic E-state index is 6.41. The molecule has 0 aliphatic rings. The first kappa shape index (κ1) is 19.6. The Kier molecular flexibility index (Phi) is 6.50. The van der Waals surface area contributed by atoms with E-state index < -0.39 is 36.8 Å². The summed E-state index contributed by atoms with van der Waals surface area (Å²) in [6.07, 6.45) is 4.27. The van der Waals surface area contributed by atoms with Crippen molar-refractivity contribution in [3.8, 4) is 0 Å². The number of hydrogen-bond acceptors (Lipinski definition) is 2. The van der Waals surface area contributed by atoms with E-state index >= 15 is 0 Å². The van der Waals surface area contributed by atoms with E-state index in [4.69, 9.17) is 23.2 Å². The van der Waals surface area contributed by atoms with E-state index in [9.17, 15) is 0 Å². The van der Waals surface area contributed by atoms with Gasteiger partial charge >= 0.3 is 162 Å². The molecule has 0 atom stereocenters. The van der Waals surface area contributed by atoms with Crippen molar-refractivity contribution in [1.82, 2.24) is 0 Å². The van der Waals surface area contributed by atoms with E-state index in [1.165, 1.54) is 5.79 Å². The summed E-state index contributed by atoms with van der Waals surface area (Å²) in [5, 5.41) is 1.76. The van der Waals surface area contributed by atoms with E-state index in [0.29, 0.717) is 0 Å². The maximum atomic E-state index is 6.41. The summed E-state index contributed by atoms with van der Waals surface area (Å²) in [6, 6.07) is 4.35. The Morgan fingerprint density at radius 3 is 1.27 bits per heavy atom. The van der Waals surface area contributed by atoms with Gasteiger partial charge in [-0.25, -0.2) is 0 Å². The van der Waals surface area contributed by atoms with Crippen molar-refractivity contribution in [2.75, 3.05) is 0 Å². The molecule has 0 unspecified atom stereocenters. The SMILES string of the molecule is [CH3][Sn]([CH3])([CH3])[c]1cc(Cl)c(C=Cc2s[c]([Sn]([CH3])([CH3])[CH3])cc2Cl)s1. The van der Waals surface area contributed by atoms with Gasteiger partial charge in [0.2, 0.25) is 0 Å². The molecule has 0 nitrogen and oxygen atoms in total. The van der Waals surface area contributed by atoms with Crippen LogP contribution in [0, 0.1) is 0 Å². The van der Waals surface area contributed by atoms with Crippen LogP contribution in [0.5, 0.6) is 0 Å². The van der Waals surface area contributed by atoms with Gasteiger partial charge < -0.3 is 0 Å². The molecule has 0 radical (unpaired) electrons. The summed E-state index contributed by atoms with van der Waals surface area (Å²) in [6.45, 7) is 0. The molecule has 0 aliphatic heterocycles. The zero-order valence-corrected chi connectivity index (χ0v) is 22.7. The zero-order valence-electron chi connectivity index (χ0n) is 13.9. The van der Waals surface area contributed by atoms with Gasteiger partial charge in [-0.3, -0.25) is 0 Å². The van der Waals surface area contributed by atoms with Gasteiger partial charge in [0.05, 0.1) is 0 Å². The second kappa shape index (κ2) is 7.28. The monoisotopic (exact) mass is 588 g/mol. The molecule has 0 bridgehead atoms. The normalized spacial score (nSPS) is 13.3. The van der Waals surface area contributed by atoms with E-state index in [-0.39, 0.29) is 0 Å². The molecule has 0 saturated heterocycles. The van der Waals surface area contributed by atoms with E-state index in [1.54, 1.807) is 0 Å². The van der Waals surface area contributed by atoms with Gasteiger partial charge in [0, 0.05) is 0 Å². The van der Waals surface area contributed by atoms with Crippen LogP contribution in [0.25, 0.3) is 12.2 Å². The van der Waals surface area contributed by atoms with Crippen LogP contribution in [0.4, 0.5) is 0 Å². The van der Waals surface area contributed by atoms with E-state index in [0.717, 1.165) is 19.8 Å². The average molecular weight is 587 g/mol. The Bertz CT molecular complexity index is 641. The molecular weight excluding hydrogens is 565 g/mol. The summed E-state index contributed by atoms with van der Waals surface area (Å²) >= 11 is 12.5. The van der Waals surface area contributed by atoms with E-state index in [2.05, 4.69) is 53.9 Å². The van der Waals surface area contributed by atoms with Gasteiger partial charge in [0.15, 0.2) is 0 Å². The number of hydrogen-bond donors (Lipinski definition) is 0. The molecule has 0 amide bonds. The first-order chi connectivity index (χ1) is 9.98. The second-order valence-electron chi connectivity index (χ2n) is 7.48. The molecule has 0 aliphatic carbocycles. The van der Waals surface area contributed by atoms with Crippen LogP contribution in [0.1, 0.15) is 9.75 Å². The molecule has 6 heteroatoms. The van der Waals surface area contributed by atoms with Crippen LogP contribution in [0.15, 0.2) is 12.1 Å².